The Morgan fingerprint density at radius 3 is 1.23 bits per heavy atom. The standard InChI is InChI=1S/C92H158N26O26S/c1-15-48(10)70(85(138)106-57(90(143)144)25-21-34-101-92(98)99)115-81(134)62(41-68(125)126)109-78(131)59(38-46(6)7)110-86(139)71(49(11)16-2)116-82(135)63(43-119)111-88(141)73(51(13)121)117-83(136)65-26-22-35-118(65)89(142)64(44-120)112-79(132)60(39-52-27-29-53(122)30-28-52)107-75(128)56(31-36-145-14)104-74(127)55(24-20-33-100-91(96)97)105-84(137)69(47(8)9)113-87(140)72(50(12)17-3)114-76(129)54(23-18-19-32-93)103-80(133)61(40-66(95)123)108-77(130)58(37-45(4)5)102-67(124)42-94/h27-30,45-51,54-65,69-73,119-122H,15-26,31-44,93-94H2,1-14H3,(H2,95,123)(H,102,124)(H,103,133)(H,104,127)(H,105,137)(H,106,138)(H,107,128)(H,108,130)(H,109,131)(H,110,139)(H,111,141)(H,112,132)(H,113,140)(H,114,129)(H,115,134)(H,116,135)(H,117,136)(H,125,126)(H,143,144)(H4,96,97,100)(H4,98,99,101)/t48-,49-,50-,51+,54-,55-,56-,57-,58-,59-,60-,61-,62-,63-,64-,65-,69-,70-,71-,72-,73-/m0/s1. The Kier molecular flexibility index (Phi) is 58.5. The Morgan fingerprint density at radius 1 is 0.428 bits per heavy atom. The molecule has 36 N–H and O–H groups in total. The second-order valence-corrected chi connectivity index (χ2v) is 38.3. The minimum atomic E-state index is -1.97. The molecule has 0 radical (unpaired) electrons. The van der Waals surface area contributed by atoms with Gasteiger partial charge in [-0.2, -0.15) is 11.8 Å². The summed E-state index contributed by atoms with van der Waals surface area (Å²) in [7, 11) is 0. The van der Waals surface area contributed by atoms with Gasteiger partial charge in [-0.15, -0.1) is 0 Å². The van der Waals surface area contributed by atoms with E-state index in [1.807, 2.05) is 0 Å². The molecule has 0 bridgehead atoms. The number of unbranched alkanes of at least 4 members (excludes halogenated alkanes) is 1. The number of carbonyl (C=O) groups excluding carboxylic acids is 18. The third-order valence-corrected chi connectivity index (χ3v) is 24.8. The zero-order chi connectivity index (χ0) is 110. The predicted molar refractivity (Wildman–Crippen MR) is 532 cm³/mol. The molecule has 1 heterocycles. The molecule has 53 heteroatoms. The predicted octanol–water partition coefficient (Wildman–Crippen LogP) is -7.26. The van der Waals surface area contributed by atoms with Gasteiger partial charge in [-0.05, 0) is 156 Å². The molecule has 1 aliphatic heterocycles. The van der Waals surface area contributed by atoms with Crippen LogP contribution in [0.15, 0.2) is 24.3 Å². The summed E-state index contributed by atoms with van der Waals surface area (Å²) >= 11 is 1.25. The molecule has 1 fully saturated rings. The van der Waals surface area contributed by atoms with Gasteiger partial charge in [0.1, 0.15) is 108 Å². The number of hydrogen-bond acceptors (Lipinski definition) is 29. The van der Waals surface area contributed by atoms with Gasteiger partial charge < -0.3 is 160 Å². The number of benzene rings is 1. The van der Waals surface area contributed by atoms with Crippen molar-refractivity contribution in [3.63, 3.8) is 0 Å². The first-order chi connectivity index (χ1) is 68.2. The summed E-state index contributed by atoms with van der Waals surface area (Å²) in [6.07, 6.45) is -1.50. The van der Waals surface area contributed by atoms with Gasteiger partial charge >= 0.3 is 11.9 Å². The molecule has 52 nitrogen and oxygen atoms in total. The van der Waals surface area contributed by atoms with E-state index in [1.54, 1.807) is 82.4 Å². The summed E-state index contributed by atoms with van der Waals surface area (Å²) in [4.78, 5) is 281. The van der Waals surface area contributed by atoms with Crippen LogP contribution in [0, 0.1) is 46.3 Å². The summed E-state index contributed by atoms with van der Waals surface area (Å²) in [6.45, 7) is 18.0. The van der Waals surface area contributed by atoms with Crippen molar-refractivity contribution >= 4 is 142 Å². The zero-order valence-electron chi connectivity index (χ0n) is 85.1. The maximum absolute atomic E-state index is 14.9. The number of carboxylic acids is 2. The molecule has 0 aromatic heterocycles. The van der Waals surface area contributed by atoms with Gasteiger partial charge in [-0.25, -0.2) is 4.79 Å². The molecule has 818 valence electrons. The number of phenolic OH excluding ortho intramolecular Hbond substituents is 1. The normalized spacial score (nSPS) is 16.5. The van der Waals surface area contributed by atoms with Crippen LogP contribution in [0.1, 0.15) is 205 Å². The van der Waals surface area contributed by atoms with Gasteiger partial charge in [-0.1, -0.05) is 114 Å². The fourth-order valence-corrected chi connectivity index (χ4v) is 15.7. The number of likely N-dealkylation sites (tertiary alicyclic amines) is 1. The SMILES string of the molecule is CC[C@H](C)[C@H](NC(=O)[C@H](CC(=O)O)NC(=O)[C@H](CC(C)C)NC(=O)[C@@H](NC(=O)[C@H](CO)NC(=O)[C@@H](NC(=O)[C@@H]1CCCN1C(=O)[C@H](CO)NC(=O)[C@H](Cc1ccc(O)cc1)NC(=O)[C@H](CCSC)NC(=O)[C@H](CCCNC(=N)N)NC(=O)[C@@H](NC(=O)[C@@H](NC(=O)[C@H](CCCCN)NC(=O)[C@H](CC(N)=O)NC(=O)[C@H](CC(C)C)NC(=O)CN)[C@@H](C)CC)C(C)C)[C@@H](C)O)[C@@H](C)CC)C(=O)N[C@@H](CCCNC(=N)N)C(=O)O. The molecule has 0 unspecified atom stereocenters. The first-order valence-corrected chi connectivity index (χ1v) is 50.2. The third-order valence-electron chi connectivity index (χ3n) is 24.1. The van der Waals surface area contributed by atoms with E-state index in [0.29, 0.717) is 12.0 Å². The maximum Gasteiger partial charge on any atom is 0.326 e. The number of nitrogens with zero attached hydrogens (tertiary/aromatic N) is 1. The van der Waals surface area contributed by atoms with E-state index in [0.717, 1.165) is 11.8 Å². The highest BCUT2D eigenvalue weighted by atomic mass is 32.2. The van der Waals surface area contributed by atoms with E-state index in [-0.39, 0.29) is 139 Å². The molecule has 145 heavy (non-hydrogen) atoms. The van der Waals surface area contributed by atoms with Crippen molar-refractivity contribution in [2.24, 2.45) is 64.2 Å². The number of primary amides is 1. The van der Waals surface area contributed by atoms with Crippen molar-refractivity contribution in [2.45, 2.75) is 314 Å². The highest BCUT2D eigenvalue weighted by Gasteiger charge is 2.45. The lowest BCUT2D eigenvalue weighted by atomic mass is 9.95. The molecular formula is C92H158N26O26S. The summed E-state index contributed by atoms with van der Waals surface area (Å²) in [5, 5.41) is 123. The first-order valence-electron chi connectivity index (χ1n) is 48.8. The second-order valence-electron chi connectivity index (χ2n) is 37.3. The number of nitrogens with one attached hydrogen (secondary N) is 20. The second kappa shape index (κ2) is 66.2. The van der Waals surface area contributed by atoms with Crippen LogP contribution < -0.4 is 124 Å². The van der Waals surface area contributed by atoms with Gasteiger partial charge in [0.2, 0.25) is 106 Å². The van der Waals surface area contributed by atoms with Crippen LogP contribution in [-0.4, -0.2) is 332 Å². The van der Waals surface area contributed by atoms with Crippen LogP contribution >= 0.6 is 11.8 Å². The number of rotatable bonds is 69. The lowest BCUT2D eigenvalue weighted by Gasteiger charge is -2.31. The number of nitrogens with two attached hydrogens (primary N) is 5. The van der Waals surface area contributed by atoms with Crippen molar-refractivity contribution in [2.75, 3.05) is 57.9 Å². The molecular weight excluding hydrogens is 1920 g/mol. The molecule has 1 saturated heterocycles. The minimum absolute atomic E-state index is 0.0194. The number of hydrogen-bond donors (Lipinski definition) is 31. The molecule has 0 aliphatic carbocycles. The third kappa shape index (κ3) is 45.9. The van der Waals surface area contributed by atoms with E-state index in [4.69, 9.17) is 39.5 Å². The number of amides is 18. The van der Waals surface area contributed by atoms with Crippen molar-refractivity contribution in [1.82, 2.24) is 101 Å². The molecule has 0 saturated carbocycles. The monoisotopic (exact) mass is 2080 g/mol. The topological polar surface area (TPSA) is 860 Å². The van der Waals surface area contributed by atoms with E-state index >= 15 is 0 Å². The Hall–Kier alpha value is -12.9. The van der Waals surface area contributed by atoms with Crippen molar-refractivity contribution < 1.29 is 127 Å². The summed E-state index contributed by atoms with van der Waals surface area (Å²) in [5.74, 6) is -25.6. The van der Waals surface area contributed by atoms with Crippen LogP contribution in [0.5, 0.6) is 5.75 Å². The average Bonchev–Trinajstić information content (AvgIpc) is 1.72. The minimum Gasteiger partial charge on any atom is -0.508 e. The zero-order valence-corrected chi connectivity index (χ0v) is 86.0. The molecule has 1 aromatic rings. The molecule has 1 aliphatic rings. The van der Waals surface area contributed by atoms with Crippen LogP contribution in [0.3, 0.4) is 0 Å². The van der Waals surface area contributed by atoms with Crippen LogP contribution in [-0.2, 0) is 102 Å². The van der Waals surface area contributed by atoms with Gasteiger partial charge in [0.15, 0.2) is 11.9 Å². The number of aliphatic hydroxyl groups is 3. The Morgan fingerprint density at radius 2 is 0.793 bits per heavy atom. The number of thioether (sulfide) groups is 1. The first kappa shape index (κ1) is 128. The summed E-state index contributed by atoms with van der Waals surface area (Å²) in [5.41, 5.74) is 28.0. The number of aromatic hydroxyl groups is 1. The van der Waals surface area contributed by atoms with Gasteiger partial charge in [0, 0.05) is 26.1 Å². The highest BCUT2D eigenvalue weighted by Crippen LogP contribution is 2.23. The fraction of sp³-hybridized carbons (Fsp3) is 0.696. The quantitative estimate of drug-likeness (QED) is 0.0164. The van der Waals surface area contributed by atoms with Crippen molar-refractivity contribution in [3.8, 4) is 5.75 Å². The number of phenols is 1. The maximum atomic E-state index is 14.9. The Labute approximate surface area is 848 Å². The van der Waals surface area contributed by atoms with E-state index in [2.05, 4.69) is 95.7 Å². The molecule has 1 aromatic carbocycles. The van der Waals surface area contributed by atoms with E-state index < -0.39 is 302 Å². The van der Waals surface area contributed by atoms with E-state index in [1.165, 1.54) is 43.0 Å². The molecule has 2 rings (SSSR count). The number of carboxylic acid groups (broad SMARTS) is 2. The molecule has 18 amide bonds. The van der Waals surface area contributed by atoms with Crippen LogP contribution in [0.25, 0.3) is 0 Å². The van der Waals surface area contributed by atoms with Crippen LogP contribution in [0.4, 0.5) is 0 Å². The Balaban J connectivity index is 2.54. The van der Waals surface area contributed by atoms with Gasteiger partial charge in [0.25, 0.3) is 0 Å². The lowest BCUT2D eigenvalue weighted by molar-refractivity contribution is -0.144. The van der Waals surface area contributed by atoms with Crippen LogP contribution in [0.2, 0.25) is 0 Å². The fourth-order valence-electron chi connectivity index (χ4n) is 15.2. The van der Waals surface area contributed by atoms with Crippen molar-refractivity contribution in [3.05, 3.63) is 29.8 Å². The average molecular weight is 2080 g/mol. The number of aliphatic hydroxyl groups excluding tert-OH is 3. The van der Waals surface area contributed by atoms with E-state index in [9.17, 15) is 127 Å². The smallest absolute Gasteiger partial charge is 0.326 e. The molecule has 0 spiro atoms. The Bertz CT molecular complexity index is 4500. The number of aliphatic carboxylic acids is 2. The summed E-state index contributed by atoms with van der Waals surface area (Å²) in [6, 6.07) is -21.9. The summed E-state index contributed by atoms with van der Waals surface area (Å²) < 4.78 is 0. The van der Waals surface area contributed by atoms with Gasteiger partial charge in [-0.3, -0.25) is 102 Å². The molecule has 21 atom stereocenters. The van der Waals surface area contributed by atoms with Gasteiger partial charge in [0.05, 0.1) is 38.7 Å². The highest BCUT2D eigenvalue weighted by molar-refractivity contribution is 7.98. The number of carbonyl (C=O) groups is 20. The number of guanidine groups is 2. The largest absolute Gasteiger partial charge is 0.508 e. The lowest BCUT2D eigenvalue weighted by Crippen LogP contribution is -2.63. The van der Waals surface area contributed by atoms with Crippen molar-refractivity contribution in [1.29, 1.82) is 10.8 Å².